The lowest BCUT2D eigenvalue weighted by atomic mass is 10.1. The summed E-state index contributed by atoms with van der Waals surface area (Å²) >= 11 is 5.28. The lowest BCUT2D eigenvalue weighted by Gasteiger charge is -2.14. The molecule has 0 saturated heterocycles. The number of thioether (sulfide) groups is 1. The molecule has 2 rings (SSSR count). The van der Waals surface area contributed by atoms with E-state index in [1.807, 2.05) is 11.8 Å². The molecular weight excluding hydrogens is 296 g/mol. The standard InChI is InChI=1S/C13H17BrN2S/c1-3-12-8-17-13(16-12)15-9(2)10-4-6-11(14)7-5-10/h4-7,9,12H,3,8H2,1-2H3,(H,15,16). The number of benzene rings is 1. The number of nitrogens with zero attached hydrogens (tertiary/aromatic N) is 1. The predicted octanol–water partition coefficient (Wildman–Crippen LogP) is 3.98. The zero-order valence-electron chi connectivity index (χ0n) is 10.1. The van der Waals surface area contributed by atoms with Gasteiger partial charge in [-0.05, 0) is 31.0 Å². The van der Waals surface area contributed by atoms with Gasteiger partial charge in [0.2, 0.25) is 0 Å². The lowest BCUT2D eigenvalue weighted by molar-refractivity contribution is 0.702. The Morgan fingerprint density at radius 1 is 1.47 bits per heavy atom. The predicted molar refractivity (Wildman–Crippen MR) is 79.7 cm³/mol. The summed E-state index contributed by atoms with van der Waals surface area (Å²) in [7, 11) is 0. The van der Waals surface area contributed by atoms with E-state index in [9.17, 15) is 0 Å². The second-order valence-corrected chi connectivity index (χ2v) is 6.15. The molecule has 1 aliphatic heterocycles. The van der Waals surface area contributed by atoms with Crippen molar-refractivity contribution in [1.82, 2.24) is 5.32 Å². The SMILES string of the molecule is CCC1CSC(NC(C)c2ccc(Br)cc2)=N1. The zero-order chi connectivity index (χ0) is 12.3. The van der Waals surface area contributed by atoms with Gasteiger partial charge < -0.3 is 5.32 Å². The third kappa shape index (κ3) is 3.49. The molecule has 17 heavy (non-hydrogen) atoms. The third-order valence-electron chi connectivity index (χ3n) is 2.89. The van der Waals surface area contributed by atoms with Crippen molar-refractivity contribution in [2.24, 2.45) is 4.99 Å². The average molecular weight is 313 g/mol. The van der Waals surface area contributed by atoms with E-state index in [2.05, 4.69) is 64.4 Å². The fraction of sp³-hybridized carbons (Fsp3) is 0.462. The number of halogens is 1. The normalized spacial score (nSPS) is 21.1. The van der Waals surface area contributed by atoms with Crippen molar-refractivity contribution in [2.45, 2.75) is 32.4 Å². The molecule has 92 valence electrons. The first kappa shape index (κ1) is 13.0. The molecule has 0 aromatic heterocycles. The van der Waals surface area contributed by atoms with Gasteiger partial charge >= 0.3 is 0 Å². The highest BCUT2D eigenvalue weighted by molar-refractivity contribution is 9.10. The molecule has 0 bridgehead atoms. The second-order valence-electron chi connectivity index (χ2n) is 4.22. The van der Waals surface area contributed by atoms with E-state index < -0.39 is 0 Å². The van der Waals surface area contributed by atoms with E-state index in [4.69, 9.17) is 0 Å². The van der Waals surface area contributed by atoms with Crippen LogP contribution < -0.4 is 5.32 Å². The maximum Gasteiger partial charge on any atom is 0.157 e. The van der Waals surface area contributed by atoms with Crippen molar-refractivity contribution in [3.8, 4) is 0 Å². The maximum atomic E-state index is 4.65. The van der Waals surface area contributed by atoms with Crippen LogP contribution in [0.1, 0.15) is 31.9 Å². The fourth-order valence-corrected chi connectivity index (χ4v) is 3.13. The van der Waals surface area contributed by atoms with Crippen LogP contribution in [-0.4, -0.2) is 17.0 Å². The smallest absolute Gasteiger partial charge is 0.157 e. The molecule has 0 spiro atoms. The molecule has 1 aliphatic rings. The maximum absolute atomic E-state index is 4.65. The Labute approximate surface area is 115 Å². The molecular formula is C13H17BrN2S. The van der Waals surface area contributed by atoms with E-state index in [-0.39, 0.29) is 0 Å². The van der Waals surface area contributed by atoms with E-state index in [0.29, 0.717) is 12.1 Å². The Bertz CT molecular complexity index is 402. The molecule has 1 aromatic rings. The first-order chi connectivity index (χ1) is 8.19. The summed E-state index contributed by atoms with van der Waals surface area (Å²) in [5.41, 5.74) is 1.29. The first-order valence-electron chi connectivity index (χ1n) is 5.91. The summed E-state index contributed by atoms with van der Waals surface area (Å²) < 4.78 is 1.12. The van der Waals surface area contributed by atoms with Crippen LogP contribution in [0, 0.1) is 0 Å². The lowest BCUT2D eigenvalue weighted by Crippen LogP contribution is -2.22. The van der Waals surface area contributed by atoms with Crippen molar-refractivity contribution in [3.63, 3.8) is 0 Å². The highest BCUT2D eigenvalue weighted by Crippen LogP contribution is 2.22. The Hall–Kier alpha value is -0.480. The van der Waals surface area contributed by atoms with E-state index in [0.717, 1.165) is 21.8 Å². The van der Waals surface area contributed by atoms with Gasteiger partial charge in [-0.25, -0.2) is 0 Å². The number of amidine groups is 1. The quantitative estimate of drug-likeness (QED) is 0.913. The van der Waals surface area contributed by atoms with Crippen molar-refractivity contribution in [2.75, 3.05) is 5.75 Å². The van der Waals surface area contributed by atoms with E-state index >= 15 is 0 Å². The van der Waals surface area contributed by atoms with Crippen molar-refractivity contribution in [1.29, 1.82) is 0 Å². The van der Waals surface area contributed by atoms with Gasteiger partial charge in [-0.15, -0.1) is 0 Å². The number of aliphatic imine (C=N–C) groups is 1. The number of rotatable bonds is 3. The van der Waals surface area contributed by atoms with Crippen LogP contribution in [-0.2, 0) is 0 Å². The molecule has 0 radical (unpaired) electrons. The Kier molecular flexibility index (Phi) is 4.51. The summed E-state index contributed by atoms with van der Waals surface area (Å²) in [6.07, 6.45) is 1.13. The minimum Gasteiger partial charge on any atom is -0.358 e. The monoisotopic (exact) mass is 312 g/mol. The molecule has 1 heterocycles. The van der Waals surface area contributed by atoms with Crippen LogP contribution >= 0.6 is 27.7 Å². The molecule has 0 fully saturated rings. The van der Waals surface area contributed by atoms with Gasteiger partial charge in [-0.2, -0.15) is 0 Å². The van der Waals surface area contributed by atoms with Crippen LogP contribution in [0.4, 0.5) is 0 Å². The molecule has 0 saturated carbocycles. The largest absolute Gasteiger partial charge is 0.358 e. The Morgan fingerprint density at radius 2 is 2.18 bits per heavy atom. The van der Waals surface area contributed by atoms with Gasteiger partial charge in [0, 0.05) is 10.2 Å². The molecule has 2 unspecified atom stereocenters. The number of hydrogen-bond donors (Lipinski definition) is 1. The summed E-state index contributed by atoms with van der Waals surface area (Å²) in [4.78, 5) is 4.65. The van der Waals surface area contributed by atoms with Gasteiger partial charge in [0.15, 0.2) is 5.17 Å². The highest BCUT2D eigenvalue weighted by atomic mass is 79.9. The summed E-state index contributed by atoms with van der Waals surface area (Å²) in [6, 6.07) is 9.24. The Morgan fingerprint density at radius 3 is 2.76 bits per heavy atom. The van der Waals surface area contributed by atoms with Crippen molar-refractivity contribution in [3.05, 3.63) is 34.3 Å². The molecule has 0 aliphatic carbocycles. The summed E-state index contributed by atoms with van der Waals surface area (Å²) in [6.45, 7) is 4.36. The number of nitrogens with one attached hydrogen (secondary N) is 1. The summed E-state index contributed by atoms with van der Waals surface area (Å²) in [5.74, 6) is 1.12. The molecule has 0 amide bonds. The molecule has 1 aromatic carbocycles. The van der Waals surface area contributed by atoms with Crippen LogP contribution in [0.2, 0.25) is 0 Å². The van der Waals surface area contributed by atoms with Gasteiger partial charge in [-0.1, -0.05) is 46.7 Å². The second kappa shape index (κ2) is 5.91. The third-order valence-corrected chi connectivity index (χ3v) is 4.47. The van der Waals surface area contributed by atoms with Crippen LogP contribution in [0.15, 0.2) is 33.7 Å². The molecule has 2 atom stereocenters. The zero-order valence-corrected chi connectivity index (χ0v) is 12.5. The van der Waals surface area contributed by atoms with Crippen molar-refractivity contribution >= 4 is 32.9 Å². The fourth-order valence-electron chi connectivity index (χ4n) is 1.72. The number of hydrogen-bond acceptors (Lipinski definition) is 3. The minimum absolute atomic E-state index is 0.310. The topological polar surface area (TPSA) is 24.4 Å². The molecule has 2 nitrogen and oxygen atoms in total. The van der Waals surface area contributed by atoms with Crippen molar-refractivity contribution < 1.29 is 0 Å². The van der Waals surface area contributed by atoms with Gasteiger partial charge in [-0.3, -0.25) is 4.99 Å². The molecule has 1 N–H and O–H groups in total. The van der Waals surface area contributed by atoms with Crippen LogP contribution in [0.5, 0.6) is 0 Å². The van der Waals surface area contributed by atoms with Crippen LogP contribution in [0.25, 0.3) is 0 Å². The van der Waals surface area contributed by atoms with E-state index in [1.165, 1.54) is 5.56 Å². The summed E-state index contributed by atoms with van der Waals surface area (Å²) in [5, 5.41) is 4.57. The van der Waals surface area contributed by atoms with Crippen LogP contribution in [0.3, 0.4) is 0 Å². The average Bonchev–Trinajstić information content (AvgIpc) is 2.77. The van der Waals surface area contributed by atoms with Gasteiger partial charge in [0.25, 0.3) is 0 Å². The minimum atomic E-state index is 0.310. The highest BCUT2D eigenvalue weighted by Gasteiger charge is 2.18. The van der Waals surface area contributed by atoms with E-state index in [1.54, 1.807) is 0 Å². The van der Waals surface area contributed by atoms with Gasteiger partial charge in [0.05, 0.1) is 12.1 Å². The van der Waals surface area contributed by atoms with Gasteiger partial charge in [0.1, 0.15) is 0 Å². The first-order valence-corrected chi connectivity index (χ1v) is 7.69. The molecule has 4 heteroatoms. The Balaban J connectivity index is 1.97.